The van der Waals surface area contributed by atoms with Gasteiger partial charge in [-0.05, 0) is 43.4 Å². The van der Waals surface area contributed by atoms with Gasteiger partial charge in [0, 0.05) is 11.5 Å². The summed E-state index contributed by atoms with van der Waals surface area (Å²) in [6, 6.07) is 0. The number of ether oxygens (including phenoxy) is 3. The number of hydrogen-bond acceptors (Lipinski definition) is 9. The Hall–Kier alpha value is -1.59. The van der Waals surface area contributed by atoms with Gasteiger partial charge in [-0.2, -0.15) is 0 Å². The van der Waals surface area contributed by atoms with E-state index in [2.05, 4.69) is 6.58 Å². The molecular formula is C21H30O9. The van der Waals surface area contributed by atoms with E-state index in [9.17, 15) is 30.3 Å². The minimum atomic E-state index is -1.54. The number of fused-ring (bicyclic) bond motifs is 1. The van der Waals surface area contributed by atoms with Crippen LogP contribution >= 0.6 is 0 Å². The quantitative estimate of drug-likeness (QED) is 0.224. The zero-order chi connectivity index (χ0) is 22.0. The number of aliphatic hydroxyl groups excluding tert-OH is 5. The van der Waals surface area contributed by atoms with Crippen LogP contribution in [0.3, 0.4) is 0 Å². The topological polar surface area (TPSA) is 146 Å². The molecule has 0 bridgehead atoms. The number of esters is 1. The third-order valence-corrected chi connectivity index (χ3v) is 6.03. The number of carbonyl (C=O) groups is 1. The van der Waals surface area contributed by atoms with Crippen LogP contribution in [0.15, 0.2) is 35.5 Å². The van der Waals surface area contributed by atoms with Gasteiger partial charge in [-0.25, -0.2) is 4.79 Å². The number of hydrogen-bond donors (Lipinski definition) is 5. The summed E-state index contributed by atoms with van der Waals surface area (Å²) in [6.07, 6.45) is -2.90. The SMILES string of the molecule is C=C1C(=O)O[C@@H]2C=C(C)[C@@H](O[C@@H]3O[C@H](CO)[C@@H](O)[C@H](O)[C@H]3O)C/C=C(\CO)CC[C@@H]12. The van der Waals surface area contributed by atoms with Crippen LogP contribution in [-0.4, -0.2) is 87.6 Å². The van der Waals surface area contributed by atoms with E-state index in [4.69, 9.17) is 14.2 Å². The van der Waals surface area contributed by atoms with Crippen molar-refractivity contribution >= 4 is 5.97 Å². The van der Waals surface area contributed by atoms with Crippen molar-refractivity contribution in [1.29, 1.82) is 0 Å². The van der Waals surface area contributed by atoms with Crippen molar-refractivity contribution in [1.82, 2.24) is 0 Å². The maximum Gasteiger partial charge on any atom is 0.334 e. The molecule has 8 atom stereocenters. The summed E-state index contributed by atoms with van der Waals surface area (Å²) in [6.45, 7) is 4.92. The Morgan fingerprint density at radius 1 is 1.20 bits per heavy atom. The predicted octanol–water partition coefficient (Wildman–Crippen LogP) is -0.682. The van der Waals surface area contributed by atoms with Crippen LogP contribution in [0.4, 0.5) is 0 Å². The Balaban J connectivity index is 1.85. The highest BCUT2D eigenvalue weighted by Crippen LogP contribution is 2.35. The lowest BCUT2D eigenvalue weighted by atomic mass is 9.87. The van der Waals surface area contributed by atoms with Crippen molar-refractivity contribution in [3.63, 3.8) is 0 Å². The van der Waals surface area contributed by atoms with E-state index in [-0.39, 0.29) is 12.5 Å². The van der Waals surface area contributed by atoms with Gasteiger partial charge in [-0.1, -0.05) is 12.7 Å². The van der Waals surface area contributed by atoms with E-state index < -0.39 is 55.5 Å². The van der Waals surface area contributed by atoms with E-state index >= 15 is 0 Å². The van der Waals surface area contributed by atoms with Crippen LogP contribution in [-0.2, 0) is 19.0 Å². The van der Waals surface area contributed by atoms with Crippen LogP contribution < -0.4 is 0 Å². The Kier molecular flexibility index (Phi) is 7.46. The third kappa shape index (κ3) is 4.67. The van der Waals surface area contributed by atoms with E-state index in [1.807, 2.05) is 6.08 Å². The molecule has 0 radical (unpaired) electrons. The summed E-state index contributed by atoms with van der Waals surface area (Å²) in [5, 5.41) is 49.3. The monoisotopic (exact) mass is 426 g/mol. The molecule has 0 spiro atoms. The first-order valence-electron chi connectivity index (χ1n) is 10.1. The van der Waals surface area contributed by atoms with E-state index in [0.29, 0.717) is 30.4 Å². The fraction of sp³-hybridized carbons (Fsp3) is 0.667. The molecule has 0 unspecified atom stereocenters. The van der Waals surface area contributed by atoms with E-state index in [1.54, 1.807) is 13.0 Å². The second kappa shape index (κ2) is 9.69. The third-order valence-electron chi connectivity index (χ3n) is 6.03. The van der Waals surface area contributed by atoms with Gasteiger partial charge in [0.05, 0.1) is 19.3 Å². The van der Waals surface area contributed by atoms with Crippen molar-refractivity contribution < 1.29 is 44.5 Å². The first kappa shape index (κ1) is 23.1. The van der Waals surface area contributed by atoms with Gasteiger partial charge < -0.3 is 39.7 Å². The van der Waals surface area contributed by atoms with Crippen molar-refractivity contribution in [3.05, 3.63) is 35.5 Å². The smallest absolute Gasteiger partial charge is 0.334 e. The Morgan fingerprint density at radius 2 is 1.93 bits per heavy atom. The average Bonchev–Trinajstić information content (AvgIpc) is 2.99. The predicted molar refractivity (Wildman–Crippen MR) is 104 cm³/mol. The zero-order valence-electron chi connectivity index (χ0n) is 16.9. The molecule has 9 heteroatoms. The molecule has 0 aromatic heterocycles. The van der Waals surface area contributed by atoms with E-state index in [1.165, 1.54) is 0 Å². The molecule has 0 amide bonds. The van der Waals surface area contributed by atoms with Gasteiger partial charge in [-0.15, -0.1) is 0 Å². The molecule has 0 aromatic carbocycles. The Bertz CT molecular complexity index is 713. The van der Waals surface area contributed by atoms with Crippen LogP contribution in [0.1, 0.15) is 26.2 Å². The van der Waals surface area contributed by atoms with Gasteiger partial charge in [0.1, 0.15) is 30.5 Å². The first-order chi connectivity index (χ1) is 14.3. The van der Waals surface area contributed by atoms with Crippen LogP contribution in [0.5, 0.6) is 0 Å². The van der Waals surface area contributed by atoms with Crippen molar-refractivity contribution in [2.45, 2.75) is 69.1 Å². The molecule has 3 aliphatic rings. The number of aliphatic hydroxyl groups is 5. The molecule has 0 saturated carbocycles. The fourth-order valence-electron chi connectivity index (χ4n) is 4.04. The molecule has 30 heavy (non-hydrogen) atoms. The van der Waals surface area contributed by atoms with Gasteiger partial charge in [0.15, 0.2) is 6.29 Å². The summed E-state index contributed by atoms with van der Waals surface area (Å²) in [5.41, 5.74) is 1.88. The summed E-state index contributed by atoms with van der Waals surface area (Å²) >= 11 is 0. The summed E-state index contributed by atoms with van der Waals surface area (Å²) < 4.78 is 16.8. The van der Waals surface area contributed by atoms with Crippen LogP contribution in [0.25, 0.3) is 0 Å². The molecule has 0 aromatic rings. The van der Waals surface area contributed by atoms with Crippen LogP contribution in [0, 0.1) is 5.92 Å². The molecule has 3 rings (SSSR count). The van der Waals surface area contributed by atoms with Gasteiger partial charge in [0.2, 0.25) is 0 Å². The van der Waals surface area contributed by atoms with Gasteiger partial charge in [0.25, 0.3) is 0 Å². The lowest BCUT2D eigenvalue weighted by Gasteiger charge is -2.41. The largest absolute Gasteiger partial charge is 0.454 e. The lowest BCUT2D eigenvalue weighted by molar-refractivity contribution is -0.308. The van der Waals surface area contributed by atoms with E-state index in [0.717, 1.165) is 5.57 Å². The highest BCUT2D eigenvalue weighted by atomic mass is 16.7. The maximum atomic E-state index is 12.0. The molecule has 9 nitrogen and oxygen atoms in total. The van der Waals surface area contributed by atoms with Crippen molar-refractivity contribution in [2.24, 2.45) is 5.92 Å². The summed E-state index contributed by atoms with van der Waals surface area (Å²) in [5.74, 6) is -0.664. The molecule has 2 aliphatic heterocycles. The fourth-order valence-corrected chi connectivity index (χ4v) is 4.04. The Labute approximate surface area is 174 Å². The zero-order valence-corrected chi connectivity index (χ0v) is 16.9. The van der Waals surface area contributed by atoms with Gasteiger partial charge >= 0.3 is 5.97 Å². The normalized spacial score (nSPS) is 42.1. The maximum absolute atomic E-state index is 12.0. The summed E-state index contributed by atoms with van der Waals surface area (Å²) in [7, 11) is 0. The number of rotatable bonds is 4. The average molecular weight is 426 g/mol. The highest BCUT2D eigenvalue weighted by Gasteiger charge is 2.45. The van der Waals surface area contributed by atoms with Crippen molar-refractivity contribution in [2.75, 3.05) is 13.2 Å². The number of carbonyl (C=O) groups excluding carboxylic acids is 1. The Morgan fingerprint density at radius 3 is 2.60 bits per heavy atom. The standard InChI is InChI=1S/C21H30O9/c1-10-7-15-13(11(2)20(27)28-15)5-3-12(8-22)4-6-14(10)29-21-19(26)18(25)17(24)16(9-23)30-21/h4,7,13-19,21-26H,2-3,5-6,8-9H2,1H3/b10-7?,12-4-/t13-,14-,15+,16+,17+,18-,19+,21+/m0/s1. The molecule has 2 fully saturated rings. The molecule has 2 heterocycles. The second-order valence-corrected chi connectivity index (χ2v) is 8.03. The molecular weight excluding hydrogens is 396 g/mol. The van der Waals surface area contributed by atoms with Crippen LogP contribution in [0.2, 0.25) is 0 Å². The second-order valence-electron chi connectivity index (χ2n) is 8.03. The highest BCUT2D eigenvalue weighted by molar-refractivity contribution is 5.91. The molecule has 168 valence electrons. The molecule has 5 N–H and O–H groups in total. The lowest BCUT2D eigenvalue weighted by Crippen LogP contribution is -2.59. The minimum absolute atomic E-state index is 0.145. The summed E-state index contributed by atoms with van der Waals surface area (Å²) in [4.78, 5) is 12.0. The van der Waals surface area contributed by atoms with Gasteiger partial charge in [-0.3, -0.25) is 0 Å². The van der Waals surface area contributed by atoms with Crippen molar-refractivity contribution in [3.8, 4) is 0 Å². The first-order valence-corrected chi connectivity index (χ1v) is 10.1. The molecule has 1 aliphatic carbocycles. The minimum Gasteiger partial charge on any atom is -0.454 e. The molecule has 2 saturated heterocycles.